The number of nitrogens with one attached hydrogen (secondary N) is 1. The minimum absolute atomic E-state index is 0.100. The maximum absolute atomic E-state index is 13.0. The standard InChI is InChI=1S/C22H22N2O3/c1-27-19-9-7-18(8-10-19)24-21(25)15-20(22(24)26)23-13-11-17(12-14-23)16-5-3-2-4-6-16/h2-11,20H,12-15H2,1H3/p+1. The van der Waals surface area contributed by atoms with Crippen LogP contribution in [0.25, 0.3) is 5.57 Å². The zero-order valence-electron chi connectivity index (χ0n) is 15.4. The van der Waals surface area contributed by atoms with E-state index in [9.17, 15) is 9.59 Å². The average Bonchev–Trinajstić information content (AvgIpc) is 3.03. The fraction of sp³-hybridized carbons (Fsp3) is 0.273. The molecule has 138 valence electrons. The van der Waals surface area contributed by atoms with E-state index < -0.39 is 0 Å². The van der Waals surface area contributed by atoms with E-state index in [0.717, 1.165) is 19.5 Å². The first-order valence-corrected chi connectivity index (χ1v) is 9.27. The topological polar surface area (TPSA) is 51.0 Å². The Morgan fingerprint density at radius 2 is 1.78 bits per heavy atom. The SMILES string of the molecule is COc1ccc(N2C(=O)CC([NH+]3CC=C(c4ccccc4)CC3)C2=O)cc1. The molecule has 0 spiro atoms. The molecule has 1 N–H and O–H groups in total. The van der Waals surface area contributed by atoms with Crippen molar-refractivity contribution in [3.05, 3.63) is 66.2 Å². The van der Waals surface area contributed by atoms with Crippen LogP contribution in [-0.2, 0) is 9.59 Å². The van der Waals surface area contributed by atoms with Gasteiger partial charge in [-0.25, -0.2) is 4.90 Å². The lowest BCUT2D eigenvalue weighted by Crippen LogP contribution is -3.17. The molecule has 2 heterocycles. The molecule has 2 aromatic carbocycles. The smallest absolute Gasteiger partial charge is 0.292 e. The van der Waals surface area contributed by atoms with Crippen molar-refractivity contribution in [3.63, 3.8) is 0 Å². The lowest BCUT2D eigenvalue weighted by atomic mass is 9.98. The maximum Gasteiger partial charge on any atom is 0.292 e. The van der Waals surface area contributed by atoms with Gasteiger partial charge in [0.25, 0.3) is 5.91 Å². The van der Waals surface area contributed by atoms with E-state index in [1.807, 2.05) is 18.2 Å². The molecule has 2 unspecified atom stereocenters. The number of amides is 2. The Balaban J connectivity index is 1.48. The molecule has 5 heteroatoms. The molecule has 1 saturated heterocycles. The maximum atomic E-state index is 13.0. The van der Waals surface area contributed by atoms with Gasteiger partial charge in [0.15, 0.2) is 6.04 Å². The molecule has 27 heavy (non-hydrogen) atoms. The van der Waals surface area contributed by atoms with Crippen LogP contribution in [0.5, 0.6) is 5.75 Å². The van der Waals surface area contributed by atoms with Crippen molar-refractivity contribution < 1.29 is 19.2 Å². The zero-order valence-corrected chi connectivity index (χ0v) is 15.4. The minimum atomic E-state index is -0.298. The van der Waals surface area contributed by atoms with Gasteiger partial charge in [0, 0.05) is 6.42 Å². The van der Waals surface area contributed by atoms with Crippen LogP contribution in [0.3, 0.4) is 0 Å². The van der Waals surface area contributed by atoms with Gasteiger partial charge in [0.2, 0.25) is 5.91 Å². The number of quaternary nitrogens is 1. The quantitative estimate of drug-likeness (QED) is 0.842. The highest BCUT2D eigenvalue weighted by atomic mass is 16.5. The van der Waals surface area contributed by atoms with E-state index in [2.05, 4.69) is 18.2 Å². The summed E-state index contributed by atoms with van der Waals surface area (Å²) in [7, 11) is 1.59. The molecule has 0 bridgehead atoms. The third kappa shape index (κ3) is 3.38. The zero-order chi connectivity index (χ0) is 18.8. The Morgan fingerprint density at radius 1 is 1.04 bits per heavy atom. The Hall–Kier alpha value is -2.92. The number of hydrogen-bond acceptors (Lipinski definition) is 3. The van der Waals surface area contributed by atoms with Crippen LogP contribution in [0.4, 0.5) is 5.69 Å². The van der Waals surface area contributed by atoms with Crippen LogP contribution in [0.2, 0.25) is 0 Å². The molecule has 0 radical (unpaired) electrons. The fourth-order valence-corrected chi connectivity index (χ4v) is 3.94. The lowest BCUT2D eigenvalue weighted by molar-refractivity contribution is -0.909. The molecule has 2 atom stereocenters. The second kappa shape index (κ2) is 7.37. The second-order valence-electron chi connectivity index (χ2n) is 6.98. The molecular weight excluding hydrogens is 340 g/mol. The van der Waals surface area contributed by atoms with Crippen molar-refractivity contribution in [3.8, 4) is 5.75 Å². The Labute approximate surface area is 158 Å². The molecule has 2 aromatic rings. The summed E-state index contributed by atoms with van der Waals surface area (Å²) in [4.78, 5) is 28.0. The molecular formula is C22H23N2O3+. The summed E-state index contributed by atoms with van der Waals surface area (Å²) in [6, 6.07) is 17.1. The van der Waals surface area contributed by atoms with Crippen LogP contribution in [-0.4, -0.2) is 38.1 Å². The van der Waals surface area contributed by atoms with Gasteiger partial charge in [0.1, 0.15) is 5.75 Å². The molecule has 1 fully saturated rings. The number of carbonyl (C=O) groups excluding carboxylic acids is 2. The summed E-state index contributed by atoms with van der Waals surface area (Å²) < 4.78 is 5.15. The van der Waals surface area contributed by atoms with Gasteiger partial charge in [-0.15, -0.1) is 0 Å². The predicted octanol–water partition coefficient (Wildman–Crippen LogP) is 1.70. The van der Waals surface area contributed by atoms with Crippen molar-refractivity contribution >= 4 is 23.1 Å². The van der Waals surface area contributed by atoms with Crippen molar-refractivity contribution in [1.82, 2.24) is 0 Å². The van der Waals surface area contributed by atoms with Gasteiger partial charge >= 0.3 is 0 Å². The van der Waals surface area contributed by atoms with Crippen molar-refractivity contribution in [2.75, 3.05) is 25.1 Å². The molecule has 0 saturated carbocycles. The number of benzene rings is 2. The molecule has 0 aliphatic carbocycles. The molecule has 2 aliphatic rings. The predicted molar refractivity (Wildman–Crippen MR) is 104 cm³/mol. The van der Waals surface area contributed by atoms with Crippen LogP contribution < -0.4 is 14.5 Å². The average molecular weight is 363 g/mol. The molecule has 2 amide bonds. The highest BCUT2D eigenvalue weighted by molar-refractivity contribution is 6.21. The highest BCUT2D eigenvalue weighted by Gasteiger charge is 2.45. The molecule has 5 nitrogen and oxygen atoms in total. The number of nitrogens with zero attached hydrogens (tertiary/aromatic N) is 1. The van der Waals surface area contributed by atoms with Crippen molar-refractivity contribution in [1.29, 1.82) is 0 Å². The van der Waals surface area contributed by atoms with E-state index in [1.54, 1.807) is 31.4 Å². The van der Waals surface area contributed by atoms with E-state index in [0.29, 0.717) is 11.4 Å². The van der Waals surface area contributed by atoms with Gasteiger partial charge in [-0.2, -0.15) is 0 Å². The third-order valence-corrected chi connectivity index (χ3v) is 5.44. The van der Waals surface area contributed by atoms with E-state index in [-0.39, 0.29) is 24.3 Å². The summed E-state index contributed by atoms with van der Waals surface area (Å²) in [5.74, 6) is 0.479. The van der Waals surface area contributed by atoms with Crippen LogP contribution in [0.1, 0.15) is 18.4 Å². The lowest BCUT2D eigenvalue weighted by Gasteiger charge is -2.27. The number of imide groups is 1. The van der Waals surface area contributed by atoms with E-state index in [1.165, 1.54) is 20.9 Å². The van der Waals surface area contributed by atoms with Gasteiger partial charge in [0.05, 0.1) is 32.3 Å². The summed E-state index contributed by atoms with van der Waals surface area (Å²) in [5, 5.41) is 0. The normalized spacial score (nSPS) is 22.7. The summed E-state index contributed by atoms with van der Waals surface area (Å²) in [6.45, 7) is 1.63. The number of anilines is 1. The van der Waals surface area contributed by atoms with E-state index in [4.69, 9.17) is 4.74 Å². The number of hydrogen-bond donors (Lipinski definition) is 1. The molecule has 4 rings (SSSR count). The highest BCUT2D eigenvalue weighted by Crippen LogP contribution is 2.25. The summed E-state index contributed by atoms with van der Waals surface area (Å²) >= 11 is 0. The van der Waals surface area contributed by atoms with Crippen LogP contribution >= 0.6 is 0 Å². The summed E-state index contributed by atoms with van der Waals surface area (Å²) in [5.41, 5.74) is 3.18. The Bertz CT molecular complexity index is 874. The fourth-order valence-electron chi connectivity index (χ4n) is 3.94. The number of rotatable bonds is 4. The third-order valence-electron chi connectivity index (χ3n) is 5.44. The van der Waals surface area contributed by atoms with Crippen molar-refractivity contribution in [2.24, 2.45) is 0 Å². The largest absolute Gasteiger partial charge is 0.497 e. The van der Waals surface area contributed by atoms with Gasteiger partial charge < -0.3 is 9.64 Å². The second-order valence-corrected chi connectivity index (χ2v) is 6.98. The van der Waals surface area contributed by atoms with Gasteiger partial charge in [-0.05, 0) is 41.5 Å². The first kappa shape index (κ1) is 17.5. The van der Waals surface area contributed by atoms with Gasteiger partial charge in [-0.3, -0.25) is 9.59 Å². The number of methoxy groups -OCH3 is 1. The Morgan fingerprint density at radius 3 is 2.41 bits per heavy atom. The van der Waals surface area contributed by atoms with Crippen LogP contribution in [0.15, 0.2) is 60.7 Å². The van der Waals surface area contributed by atoms with E-state index >= 15 is 0 Å². The number of carbonyl (C=O) groups is 2. The molecule has 2 aliphatic heterocycles. The van der Waals surface area contributed by atoms with Crippen LogP contribution in [0, 0.1) is 0 Å². The minimum Gasteiger partial charge on any atom is -0.497 e. The first-order chi connectivity index (χ1) is 13.2. The monoisotopic (exact) mass is 363 g/mol. The molecule has 0 aromatic heterocycles. The number of ether oxygens (including phenoxy) is 1. The van der Waals surface area contributed by atoms with Gasteiger partial charge in [-0.1, -0.05) is 30.3 Å². The summed E-state index contributed by atoms with van der Waals surface area (Å²) in [6.07, 6.45) is 3.40. The van der Waals surface area contributed by atoms with Crippen molar-refractivity contribution in [2.45, 2.75) is 18.9 Å². The first-order valence-electron chi connectivity index (χ1n) is 9.27. The Kier molecular flexibility index (Phi) is 4.77.